The second-order valence-electron chi connectivity index (χ2n) is 20.3. The molecule has 10 aliphatic rings. The number of ether oxygens (including phenoxy) is 2. The van der Waals surface area contributed by atoms with Crippen LogP contribution in [0.1, 0.15) is 131 Å². The van der Waals surface area contributed by atoms with Gasteiger partial charge in [0.05, 0.1) is 24.0 Å². The van der Waals surface area contributed by atoms with E-state index in [1.807, 2.05) is 19.1 Å². The summed E-state index contributed by atoms with van der Waals surface area (Å²) in [6, 6.07) is 0. The first kappa shape index (κ1) is 37.2. The minimum Gasteiger partial charge on any atom is -0.465 e. The van der Waals surface area contributed by atoms with Gasteiger partial charge in [0, 0.05) is 33.6 Å². The molecule has 0 aromatic heterocycles. The van der Waals surface area contributed by atoms with Gasteiger partial charge in [0.15, 0.2) is 11.6 Å². The van der Waals surface area contributed by atoms with Crippen molar-refractivity contribution in [3.63, 3.8) is 0 Å². The number of cyclic esters (lactones) is 2. The third-order valence-corrected chi connectivity index (χ3v) is 20.9. The van der Waals surface area contributed by atoms with Crippen LogP contribution in [-0.2, 0) is 39.5 Å². The van der Waals surface area contributed by atoms with Crippen molar-refractivity contribution >= 4 is 34.3 Å². The van der Waals surface area contributed by atoms with E-state index < -0.39 is 10.8 Å². The summed E-state index contributed by atoms with van der Waals surface area (Å²) in [4.78, 5) is 49.6. The number of carbonyl (C=O) groups excluding carboxylic acids is 4. The van der Waals surface area contributed by atoms with Crippen LogP contribution < -0.4 is 0 Å². The molecule has 8 heteroatoms. The van der Waals surface area contributed by atoms with E-state index in [0.717, 1.165) is 70.6 Å². The Bertz CT molecular complexity index is 1790. The van der Waals surface area contributed by atoms with Gasteiger partial charge in [-0.25, -0.2) is 0 Å². The van der Waals surface area contributed by atoms with Crippen molar-refractivity contribution in [1.82, 2.24) is 0 Å². The number of rotatable bonds is 2. The zero-order chi connectivity index (χ0) is 38.1. The van der Waals surface area contributed by atoms with Crippen LogP contribution in [0.5, 0.6) is 0 Å². The van der Waals surface area contributed by atoms with E-state index in [0.29, 0.717) is 60.9 Å². The molecule has 6 saturated carbocycles. The lowest BCUT2D eigenvalue weighted by molar-refractivity contribution is -0.157. The molecule has 8 aliphatic carbocycles. The molecule has 2 heterocycles. The first-order valence-electron chi connectivity index (χ1n) is 21.6. The normalized spacial score (nSPS) is 50.4. The highest BCUT2D eigenvalue weighted by Crippen LogP contribution is 2.73. The van der Waals surface area contributed by atoms with Crippen molar-refractivity contribution in [1.29, 1.82) is 0 Å². The second-order valence-corrected chi connectivity index (χ2v) is 22.2. The van der Waals surface area contributed by atoms with Gasteiger partial charge in [-0.15, -0.1) is 0 Å². The first-order valence-corrected chi connectivity index (χ1v) is 23.0. The number of hydrogen-bond acceptors (Lipinski definition) is 7. The standard InChI is InChI=1S/C24H34O4S.C22H28O3/c1-4-29(27)19-14-15-13-16(25)5-8-22(15,2)17-6-9-23(3)18(20(17)19)7-10-24(23)11-12-28-21(24)26;1-20-8-5-15(23)13-14(20)3-4-16-17(20)6-9-21(2)18(16)7-10-22(21)11-12-25-19(22)24/h13,17-20H,4-12,14H2,1-3H3;5,8,13,16-18H,3-4,6-7,9-12H2,1-2H3/t17?,18?,19-,20?,22?,23?,24+,29?;16?,17?,18?,20?,21?,22-/m10/s1. The van der Waals surface area contributed by atoms with Gasteiger partial charge in [-0.3, -0.25) is 23.4 Å². The summed E-state index contributed by atoms with van der Waals surface area (Å²) in [5.74, 6) is 4.38. The molecule has 294 valence electrons. The minimum atomic E-state index is -0.894. The fourth-order valence-corrected chi connectivity index (χ4v) is 17.6. The first-order chi connectivity index (χ1) is 25.7. The summed E-state index contributed by atoms with van der Waals surface area (Å²) in [5, 5.41) is 0.118. The zero-order valence-corrected chi connectivity index (χ0v) is 34.2. The number of esters is 2. The molecule has 0 aromatic rings. The van der Waals surface area contributed by atoms with E-state index >= 15 is 0 Å². The van der Waals surface area contributed by atoms with Crippen LogP contribution in [0, 0.1) is 68.0 Å². The molecule has 0 bridgehead atoms. The molecule has 2 spiro atoms. The molecule has 54 heavy (non-hydrogen) atoms. The van der Waals surface area contributed by atoms with Crippen LogP contribution in [0.4, 0.5) is 0 Å². The molecule has 11 unspecified atom stereocenters. The highest BCUT2D eigenvalue weighted by Gasteiger charge is 2.71. The maximum atomic E-state index is 13.3. The summed E-state index contributed by atoms with van der Waals surface area (Å²) in [7, 11) is -0.894. The molecule has 0 aromatic carbocycles. The fourth-order valence-electron chi connectivity index (χ4n) is 16.1. The Morgan fingerprint density at radius 1 is 0.685 bits per heavy atom. The molecule has 2 saturated heterocycles. The van der Waals surface area contributed by atoms with Crippen molar-refractivity contribution < 1.29 is 32.9 Å². The molecule has 14 atom stereocenters. The Hall–Kier alpha value is -2.35. The number of hydrogen-bond donors (Lipinski definition) is 0. The van der Waals surface area contributed by atoms with Crippen LogP contribution in [0.25, 0.3) is 0 Å². The molecule has 2 aliphatic heterocycles. The molecule has 10 rings (SSSR count). The van der Waals surface area contributed by atoms with Crippen LogP contribution >= 0.6 is 0 Å². The smallest absolute Gasteiger partial charge is 0.312 e. The summed E-state index contributed by atoms with van der Waals surface area (Å²) in [6.07, 6.45) is 22.7. The molecular weight excluding hydrogens is 697 g/mol. The van der Waals surface area contributed by atoms with Crippen LogP contribution in [-0.4, -0.2) is 51.9 Å². The fraction of sp³-hybridized carbons (Fsp3) is 0.783. The summed E-state index contributed by atoms with van der Waals surface area (Å²) in [6.45, 7) is 12.6. The van der Waals surface area contributed by atoms with Crippen molar-refractivity contribution in [2.24, 2.45) is 68.0 Å². The van der Waals surface area contributed by atoms with E-state index in [-0.39, 0.29) is 61.2 Å². The highest BCUT2D eigenvalue weighted by atomic mass is 32.2. The van der Waals surface area contributed by atoms with E-state index in [1.54, 1.807) is 6.08 Å². The quantitative estimate of drug-likeness (QED) is 0.261. The van der Waals surface area contributed by atoms with Gasteiger partial charge < -0.3 is 9.47 Å². The van der Waals surface area contributed by atoms with Gasteiger partial charge in [-0.1, -0.05) is 51.8 Å². The summed E-state index contributed by atoms with van der Waals surface area (Å²) < 4.78 is 24.2. The number of allylic oxidation sites excluding steroid dienone is 5. The topological polar surface area (TPSA) is 104 Å². The Balaban J connectivity index is 0.000000144. The Morgan fingerprint density at radius 3 is 1.93 bits per heavy atom. The van der Waals surface area contributed by atoms with Gasteiger partial charge in [-0.05, 0) is 160 Å². The van der Waals surface area contributed by atoms with Crippen molar-refractivity contribution in [2.75, 3.05) is 19.0 Å². The molecular formula is C46H62O7S. The zero-order valence-electron chi connectivity index (χ0n) is 33.3. The minimum absolute atomic E-state index is 0.0278. The predicted octanol–water partition coefficient (Wildman–Crippen LogP) is 8.43. The number of fused-ring (bicyclic) bond motifs is 12. The Labute approximate surface area is 324 Å². The van der Waals surface area contributed by atoms with Gasteiger partial charge in [-0.2, -0.15) is 0 Å². The van der Waals surface area contributed by atoms with Crippen LogP contribution in [0.15, 0.2) is 35.5 Å². The Kier molecular flexibility index (Phi) is 8.67. The average molecular weight is 759 g/mol. The maximum absolute atomic E-state index is 13.3. The van der Waals surface area contributed by atoms with E-state index in [9.17, 15) is 23.4 Å². The molecule has 0 radical (unpaired) electrons. The predicted molar refractivity (Wildman–Crippen MR) is 207 cm³/mol. The number of carbonyl (C=O) groups is 4. The lowest BCUT2D eigenvalue weighted by Gasteiger charge is -2.61. The Morgan fingerprint density at radius 2 is 1.30 bits per heavy atom. The summed E-state index contributed by atoms with van der Waals surface area (Å²) >= 11 is 0. The largest absolute Gasteiger partial charge is 0.465 e. The molecule has 0 N–H and O–H groups in total. The van der Waals surface area contributed by atoms with E-state index in [4.69, 9.17) is 9.47 Å². The number of ketones is 2. The van der Waals surface area contributed by atoms with E-state index in [2.05, 4.69) is 33.8 Å². The van der Waals surface area contributed by atoms with Gasteiger partial charge in [0.1, 0.15) is 0 Å². The third-order valence-electron chi connectivity index (χ3n) is 19.2. The van der Waals surface area contributed by atoms with Gasteiger partial charge >= 0.3 is 11.9 Å². The monoisotopic (exact) mass is 758 g/mol. The van der Waals surface area contributed by atoms with Crippen molar-refractivity contribution in [3.05, 3.63) is 35.5 Å². The second kappa shape index (κ2) is 12.6. The SMILES string of the molecule is CC12C=CC(=O)C=C1CCC1C2CCC2(C)C1CC[C@@]21CCOC1=O.CCS(=O)[C@@H]1CC2=CC(=O)CCC2(C)C2CCC3(C)C(CC[C@@]34CCOC4=O)C21. The lowest BCUT2D eigenvalue weighted by Crippen LogP contribution is -2.58. The van der Waals surface area contributed by atoms with E-state index in [1.165, 1.54) is 30.4 Å². The lowest BCUT2D eigenvalue weighted by atomic mass is 9.45. The average Bonchev–Trinajstić information content (AvgIpc) is 3.89. The molecule has 0 amide bonds. The molecule has 7 nitrogen and oxygen atoms in total. The van der Waals surface area contributed by atoms with Crippen molar-refractivity contribution in [2.45, 2.75) is 136 Å². The van der Waals surface area contributed by atoms with Crippen LogP contribution in [0.3, 0.4) is 0 Å². The van der Waals surface area contributed by atoms with Gasteiger partial charge in [0.2, 0.25) is 0 Å². The third kappa shape index (κ3) is 4.79. The summed E-state index contributed by atoms with van der Waals surface area (Å²) in [5.41, 5.74) is 2.24. The van der Waals surface area contributed by atoms with Gasteiger partial charge in [0.25, 0.3) is 0 Å². The van der Waals surface area contributed by atoms with Crippen molar-refractivity contribution in [3.8, 4) is 0 Å². The van der Waals surface area contributed by atoms with Crippen LogP contribution in [0.2, 0.25) is 0 Å². The molecule has 8 fully saturated rings. The highest BCUT2D eigenvalue weighted by molar-refractivity contribution is 7.85. The maximum Gasteiger partial charge on any atom is 0.312 e.